The maximum absolute atomic E-state index is 11.9. The number of aliphatic hydroxyl groups excluding tert-OH is 1. The number of rotatable bonds is 6. The fourth-order valence-electron chi connectivity index (χ4n) is 1.98. The highest BCUT2D eigenvalue weighted by atomic mass is 16.3. The van der Waals surface area contributed by atoms with Gasteiger partial charge >= 0.3 is 0 Å². The monoisotopic (exact) mass is 280 g/mol. The molecule has 0 saturated carbocycles. The van der Waals surface area contributed by atoms with Crippen molar-refractivity contribution >= 4 is 5.91 Å². The van der Waals surface area contributed by atoms with Crippen molar-refractivity contribution < 1.29 is 9.90 Å². The minimum absolute atomic E-state index is 0.0700. The number of nitrogens with one attached hydrogen (secondary N) is 1. The lowest BCUT2D eigenvalue weighted by molar-refractivity contribution is -0.117. The van der Waals surface area contributed by atoms with Crippen molar-refractivity contribution in [2.75, 3.05) is 39.3 Å². The zero-order chi connectivity index (χ0) is 15.0. The Labute approximate surface area is 120 Å². The van der Waals surface area contributed by atoms with Crippen LogP contribution in [0.1, 0.15) is 20.3 Å². The lowest BCUT2D eigenvalue weighted by Crippen LogP contribution is -2.45. The van der Waals surface area contributed by atoms with Gasteiger partial charge in [-0.1, -0.05) is 6.92 Å². The molecule has 0 bridgehead atoms. The van der Waals surface area contributed by atoms with Gasteiger partial charge in [-0.3, -0.25) is 9.69 Å². The summed E-state index contributed by atoms with van der Waals surface area (Å²) in [6, 6.07) is 2.04. The molecule has 0 spiro atoms. The maximum Gasteiger partial charge on any atom is 0.263 e. The summed E-state index contributed by atoms with van der Waals surface area (Å²) in [6.07, 6.45) is 2.48. The summed E-state index contributed by atoms with van der Waals surface area (Å²) in [5, 5.41) is 20.8. The SMILES string of the molecule is CCC(C)NC(=O)/C(C#N)=C\N1CCN(CCO)CC1. The van der Waals surface area contributed by atoms with E-state index in [4.69, 9.17) is 10.4 Å². The van der Waals surface area contributed by atoms with Crippen LogP contribution in [-0.2, 0) is 4.79 Å². The molecule has 6 heteroatoms. The molecular weight excluding hydrogens is 256 g/mol. The van der Waals surface area contributed by atoms with Crippen molar-refractivity contribution in [2.45, 2.75) is 26.3 Å². The zero-order valence-corrected chi connectivity index (χ0v) is 12.3. The van der Waals surface area contributed by atoms with Crippen LogP contribution in [0.5, 0.6) is 0 Å². The van der Waals surface area contributed by atoms with E-state index in [1.54, 1.807) is 6.20 Å². The van der Waals surface area contributed by atoms with Gasteiger partial charge in [-0.15, -0.1) is 0 Å². The quantitative estimate of drug-likeness (QED) is 0.525. The molecule has 1 atom stereocenters. The Kier molecular flexibility index (Phi) is 7.05. The highest BCUT2D eigenvalue weighted by Gasteiger charge is 2.17. The first kappa shape index (κ1) is 16.5. The fraction of sp³-hybridized carbons (Fsp3) is 0.714. The third kappa shape index (κ3) is 5.19. The van der Waals surface area contributed by atoms with Gasteiger partial charge in [0.2, 0.25) is 0 Å². The molecule has 1 heterocycles. The Morgan fingerprint density at radius 2 is 2.10 bits per heavy atom. The summed E-state index contributed by atoms with van der Waals surface area (Å²) in [4.78, 5) is 16.1. The van der Waals surface area contributed by atoms with Crippen LogP contribution < -0.4 is 5.32 Å². The van der Waals surface area contributed by atoms with E-state index in [9.17, 15) is 4.79 Å². The second-order valence-corrected chi connectivity index (χ2v) is 5.04. The van der Waals surface area contributed by atoms with Crippen molar-refractivity contribution in [1.29, 1.82) is 5.26 Å². The number of carbonyl (C=O) groups excluding carboxylic acids is 1. The Morgan fingerprint density at radius 3 is 2.60 bits per heavy atom. The molecule has 1 fully saturated rings. The average molecular weight is 280 g/mol. The summed E-state index contributed by atoms with van der Waals surface area (Å²) < 4.78 is 0. The van der Waals surface area contributed by atoms with E-state index >= 15 is 0 Å². The molecule has 0 aliphatic carbocycles. The molecular formula is C14H24N4O2. The Morgan fingerprint density at radius 1 is 1.45 bits per heavy atom. The van der Waals surface area contributed by atoms with Crippen molar-refractivity contribution in [3.05, 3.63) is 11.8 Å². The molecule has 112 valence electrons. The Hall–Kier alpha value is -1.58. The average Bonchev–Trinajstić information content (AvgIpc) is 2.46. The molecule has 1 saturated heterocycles. The van der Waals surface area contributed by atoms with Gasteiger partial charge in [-0.05, 0) is 13.3 Å². The minimum Gasteiger partial charge on any atom is -0.395 e. The normalized spacial score (nSPS) is 18.5. The van der Waals surface area contributed by atoms with Gasteiger partial charge in [0.05, 0.1) is 6.61 Å². The first-order valence-electron chi connectivity index (χ1n) is 7.10. The van der Waals surface area contributed by atoms with Crippen LogP contribution >= 0.6 is 0 Å². The molecule has 20 heavy (non-hydrogen) atoms. The van der Waals surface area contributed by atoms with E-state index in [0.717, 1.165) is 32.6 Å². The first-order chi connectivity index (χ1) is 9.60. The van der Waals surface area contributed by atoms with E-state index in [-0.39, 0.29) is 24.1 Å². The molecule has 1 amide bonds. The van der Waals surface area contributed by atoms with Crippen molar-refractivity contribution in [3.63, 3.8) is 0 Å². The van der Waals surface area contributed by atoms with Crippen molar-refractivity contribution in [1.82, 2.24) is 15.1 Å². The number of aliphatic hydroxyl groups is 1. The van der Waals surface area contributed by atoms with E-state index in [2.05, 4.69) is 10.2 Å². The zero-order valence-electron chi connectivity index (χ0n) is 12.3. The van der Waals surface area contributed by atoms with Gasteiger partial charge in [0.1, 0.15) is 11.6 Å². The number of β-amino-alcohol motifs (C(OH)–C–C–N with tert-alkyl or cyclic N) is 1. The van der Waals surface area contributed by atoms with Gasteiger partial charge < -0.3 is 15.3 Å². The van der Waals surface area contributed by atoms with Crippen molar-refractivity contribution in [3.8, 4) is 6.07 Å². The Balaban J connectivity index is 2.54. The summed E-state index contributed by atoms with van der Waals surface area (Å²) in [7, 11) is 0. The van der Waals surface area contributed by atoms with Crippen LogP contribution in [0.15, 0.2) is 11.8 Å². The van der Waals surface area contributed by atoms with Crippen LogP contribution in [0.25, 0.3) is 0 Å². The van der Waals surface area contributed by atoms with Gasteiger partial charge in [-0.2, -0.15) is 5.26 Å². The molecule has 1 aliphatic rings. The Bertz CT molecular complexity index is 381. The van der Waals surface area contributed by atoms with Crippen LogP contribution in [0.4, 0.5) is 0 Å². The molecule has 2 N–H and O–H groups in total. The fourth-order valence-corrected chi connectivity index (χ4v) is 1.98. The lowest BCUT2D eigenvalue weighted by atomic mass is 10.2. The second-order valence-electron chi connectivity index (χ2n) is 5.04. The topological polar surface area (TPSA) is 79.6 Å². The van der Waals surface area contributed by atoms with Gasteiger partial charge in [-0.25, -0.2) is 0 Å². The van der Waals surface area contributed by atoms with E-state index in [1.165, 1.54) is 0 Å². The number of carbonyl (C=O) groups is 1. The molecule has 0 aromatic rings. The summed E-state index contributed by atoms with van der Waals surface area (Å²) in [5.41, 5.74) is 0.154. The third-order valence-corrected chi connectivity index (χ3v) is 3.49. The highest BCUT2D eigenvalue weighted by molar-refractivity contribution is 5.97. The second kappa shape index (κ2) is 8.56. The van der Waals surface area contributed by atoms with Crippen molar-refractivity contribution in [2.24, 2.45) is 0 Å². The minimum atomic E-state index is -0.306. The van der Waals surface area contributed by atoms with Crippen LogP contribution in [-0.4, -0.2) is 66.2 Å². The molecule has 0 aromatic heterocycles. The predicted octanol–water partition coefficient (Wildman–Crippen LogP) is -0.0815. The van der Waals surface area contributed by atoms with Gasteiger partial charge in [0, 0.05) is 45.0 Å². The van der Waals surface area contributed by atoms with Crippen LogP contribution in [0, 0.1) is 11.3 Å². The smallest absolute Gasteiger partial charge is 0.263 e. The standard InChI is InChI=1S/C14H24N4O2/c1-3-12(2)16-14(20)13(10-15)11-18-6-4-17(5-7-18)8-9-19/h11-12,19H,3-9H2,1-2H3,(H,16,20)/b13-11-. The maximum atomic E-state index is 11.9. The van der Waals surface area contributed by atoms with E-state index in [0.29, 0.717) is 6.54 Å². The molecule has 1 rings (SSSR count). The number of amides is 1. The molecule has 6 nitrogen and oxygen atoms in total. The number of hydrogen-bond acceptors (Lipinski definition) is 5. The first-order valence-corrected chi connectivity index (χ1v) is 7.10. The number of nitrogens with zero attached hydrogens (tertiary/aromatic N) is 3. The molecule has 0 aromatic carbocycles. The summed E-state index contributed by atoms with van der Waals surface area (Å²) >= 11 is 0. The molecule has 1 unspecified atom stereocenters. The number of nitriles is 1. The van der Waals surface area contributed by atoms with Gasteiger partial charge in [0.25, 0.3) is 5.91 Å². The van der Waals surface area contributed by atoms with Crippen LogP contribution in [0.3, 0.4) is 0 Å². The molecule has 1 aliphatic heterocycles. The summed E-state index contributed by atoms with van der Waals surface area (Å²) in [6.45, 7) is 7.95. The number of hydrogen-bond donors (Lipinski definition) is 2. The predicted molar refractivity (Wildman–Crippen MR) is 76.7 cm³/mol. The number of piperazine rings is 1. The lowest BCUT2D eigenvalue weighted by Gasteiger charge is -2.33. The third-order valence-electron chi connectivity index (χ3n) is 3.49. The summed E-state index contributed by atoms with van der Waals surface area (Å²) in [5.74, 6) is -0.306. The van der Waals surface area contributed by atoms with Gasteiger partial charge in [0.15, 0.2) is 0 Å². The molecule has 0 radical (unpaired) electrons. The van der Waals surface area contributed by atoms with E-state index in [1.807, 2.05) is 24.8 Å². The largest absolute Gasteiger partial charge is 0.395 e. The van der Waals surface area contributed by atoms with E-state index < -0.39 is 0 Å². The highest BCUT2D eigenvalue weighted by Crippen LogP contribution is 2.05. The van der Waals surface area contributed by atoms with Crippen LogP contribution in [0.2, 0.25) is 0 Å².